The van der Waals surface area contributed by atoms with E-state index in [1.165, 1.54) is 49.8 Å². The van der Waals surface area contributed by atoms with Gasteiger partial charge >= 0.3 is 0 Å². The van der Waals surface area contributed by atoms with Crippen LogP contribution in [0.2, 0.25) is 0 Å². The van der Waals surface area contributed by atoms with Crippen molar-refractivity contribution in [1.29, 1.82) is 0 Å². The molecule has 0 unspecified atom stereocenters. The molecule has 1 aromatic heterocycles. The molecular formula is C15H21BrN2S. The fourth-order valence-corrected chi connectivity index (χ4v) is 3.44. The van der Waals surface area contributed by atoms with Crippen molar-refractivity contribution >= 4 is 38.9 Å². The molecule has 0 aliphatic carbocycles. The molecule has 0 atom stereocenters. The van der Waals surface area contributed by atoms with Gasteiger partial charge in [0.15, 0.2) is 0 Å². The summed E-state index contributed by atoms with van der Waals surface area (Å²) in [7, 11) is 0. The van der Waals surface area contributed by atoms with Gasteiger partial charge in [-0.2, -0.15) is 0 Å². The third-order valence-corrected chi connectivity index (χ3v) is 4.78. The van der Waals surface area contributed by atoms with Crippen LogP contribution in [0.15, 0.2) is 30.6 Å². The molecule has 2 aromatic rings. The highest BCUT2D eigenvalue weighted by atomic mass is 79.9. The molecular weight excluding hydrogens is 320 g/mol. The van der Waals surface area contributed by atoms with Gasteiger partial charge in [0, 0.05) is 11.1 Å². The predicted molar refractivity (Wildman–Crippen MR) is 89.1 cm³/mol. The monoisotopic (exact) mass is 340 g/mol. The summed E-state index contributed by atoms with van der Waals surface area (Å²) in [6, 6.07) is 8.31. The Bertz CT molecular complexity index is 484. The van der Waals surface area contributed by atoms with Crippen molar-refractivity contribution in [1.82, 2.24) is 8.96 Å². The number of unbranched alkanes of at least 4 members (excludes halogenated alkanes) is 5. The summed E-state index contributed by atoms with van der Waals surface area (Å²) in [6.45, 7) is 0. The number of hydrogen-bond acceptors (Lipinski definition) is 2. The topological polar surface area (TPSA) is 17.8 Å². The summed E-state index contributed by atoms with van der Waals surface area (Å²) in [6.07, 6.45) is 10.0. The van der Waals surface area contributed by atoms with E-state index in [2.05, 4.69) is 43.1 Å². The molecule has 0 N–H and O–H groups in total. The van der Waals surface area contributed by atoms with Crippen molar-refractivity contribution in [2.75, 3.05) is 11.1 Å². The second-order valence-electron chi connectivity index (χ2n) is 4.70. The number of halogens is 1. The third-order valence-electron chi connectivity index (χ3n) is 3.18. The van der Waals surface area contributed by atoms with Crippen molar-refractivity contribution in [3.05, 3.63) is 30.6 Å². The number of alkyl halides is 1. The van der Waals surface area contributed by atoms with Crippen LogP contribution in [0.3, 0.4) is 0 Å². The van der Waals surface area contributed by atoms with Crippen LogP contribution in [0.4, 0.5) is 0 Å². The average molecular weight is 341 g/mol. The van der Waals surface area contributed by atoms with E-state index in [4.69, 9.17) is 0 Å². The maximum atomic E-state index is 4.41. The SMILES string of the molecule is BrCCCCCCCCSn1cnc2ccccc21. The lowest BCUT2D eigenvalue weighted by molar-refractivity contribution is 0.630. The molecule has 0 spiro atoms. The molecule has 0 aliphatic heterocycles. The lowest BCUT2D eigenvalue weighted by Gasteiger charge is -2.03. The van der Waals surface area contributed by atoms with E-state index in [0.29, 0.717) is 0 Å². The predicted octanol–water partition coefficient (Wildman–Crippen LogP) is 5.27. The smallest absolute Gasteiger partial charge is 0.106 e. The Morgan fingerprint density at radius 3 is 2.58 bits per heavy atom. The number of nitrogens with zero attached hydrogens (tertiary/aromatic N) is 2. The maximum Gasteiger partial charge on any atom is 0.106 e. The number of fused-ring (bicyclic) bond motifs is 1. The molecule has 2 rings (SSSR count). The van der Waals surface area contributed by atoms with Gasteiger partial charge in [-0.25, -0.2) is 4.98 Å². The lowest BCUT2D eigenvalue weighted by Crippen LogP contribution is -1.89. The molecule has 0 fully saturated rings. The molecule has 1 aromatic carbocycles. The minimum Gasteiger partial charge on any atom is -0.272 e. The standard InChI is InChI=1S/C15H21BrN2S/c16-11-7-3-1-2-4-8-12-19-18-13-17-14-9-5-6-10-15(14)18/h5-6,9-10,13H,1-4,7-8,11-12H2. The molecule has 0 saturated carbocycles. The second kappa shape index (κ2) is 8.64. The Kier molecular flexibility index (Phi) is 6.79. The summed E-state index contributed by atoms with van der Waals surface area (Å²) in [4.78, 5) is 4.41. The fraction of sp³-hybridized carbons (Fsp3) is 0.533. The maximum absolute atomic E-state index is 4.41. The van der Waals surface area contributed by atoms with Crippen LogP contribution < -0.4 is 0 Å². The zero-order chi connectivity index (χ0) is 13.3. The molecule has 0 radical (unpaired) electrons. The highest BCUT2D eigenvalue weighted by Gasteiger charge is 2.01. The van der Waals surface area contributed by atoms with Gasteiger partial charge in [-0.3, -0.25) is 3.97 Å². The molecule has 0 saturated heterocycles. The van der Waals surface area contributed by atoms with Gasteiger partial charge in [0.05, 0.1) is 11.0 Å². The van der Waals surface area contributed by atoms with E-state index in [0.717, 1.165) is 10.8 Å². The first kappa shape index (κ1) is 14.9. The van der Waals surface area contributed by atoms with Gasteiger partial charge in [0.2, 0.25) is 0 Å². The van der Waals surface area contributed by atoms with E-state index in [1.54, 1.807) is 0 Å². The number of aromatic nitrogens is 2. The normalized spacial score (nSPS) is 11.2. The fourth-order valence-electron chi connectivity index (χ4n) is 2.11. The van der Waals surface area contributed by atoms with Crippen molar-refractivity contribution < 1.29 is 0 Å². The molecule has 0 bridgehead atoms. The summed E-state index contributed by atoms with van der Waals surface area (Å²) in [5, 5.41) is 1.15. The zero-order valence-electron chi connectivity index (χ0n) is 11.2. The largest absolute Gasteiger partial charge is 0.272 e. The molecule has 0 aliphatic rings. The first-order valence-electron chi connectivity index (χ1n) is 7.03. The summed E-state index contributed by atoms with van der Waals surface area (Å²) < 4.78 is 2.19. The van der Waals surface area contributed by atoms with E-state index in [-0.39, 0.29) is 0 Å². The number of hydrogen-bond donors (Lipinski definition) is 0. The lowest BCUT2D eigenvalue weighted by atomic mass is 10.1. The average Bonchev–Trinajstić information content (AvgIpc) is 2.85. The van der Waals surface area contributed by atoms with Gasteiger partial charge in [0.25, 0.3) is 0 Å². The number of para-hydroxylation sites is 2. The van der Waals surface area contributed by atoms with Crippen LogP contribution in [-0.4, -0.2) is 20.0 Å². The summed E-state index contributed by atoms with van der Waals surface area (Å²) in [5.74, 6) is 1.18. The van der Waals surface area contributed by atoms with Crippen LogP contribution in [0.25, 0.3) is 11.0 Å². The van der Waals surface area contributed by atoms with Gasteiger partial charge in [-0.05, 0) is 36.9 Å². The van der Waals surface area contributed by atoms with Gasteiger partial charge < -0.3 is 0 Å². The van der Waals surface area contributed by atoms with Gasteiger partial charge in [-0.1, -0.05) is 53.7 Å². The zero-order valence-corrected chi connectivity index (χ0v) is 13.6. The highest BCUT2D eigenvalue weighted by Crippen LogP contribution is 2.19. The van der Waals surface area contributed by atoms with Crippen LogP contribution in [0, 0.1) is 0 Å². The highest BCUT2D eigenvalue weighted by molar-refractivity contribution is 9.09. The van der Waals surface area contributed by atoms with E-state index in [9.17, 15) is 0 Å². The van der Waals surface area contributed by atoms with Crippen LogP contribution >= 0.6 is 27.9 Å². The Hall–Kier alpha value is -0.480. The molecule has 2 nitrogen and oxygen atoms in total. The number of benzene rings is 1. The molecule has 19 heavy (non-hydrogen) atoms. The first-order valence-corrected chi connectivity index (χ1v) is 9.09. The van der Waals surface area contributed by atoms with E-state index < -0.39 is 0 Å². The van der Waals surface area contributed by atoms with Crippen molar-refractivity contribution in [2.45, 2.75) is 38.5 Å². The van der Waals surface area contributed by atoms with Gasteiger partial charge in [-0.15, -0.1) is 0 Å². The summed E-state index contributed by atoms with van der Waals surface area (Å²) >= 11 is 5.34. The Morgan fingerprint density at radius 1 is 1.00 bits per heavy atom. The molecule has 0 amide bonds. The van der Waals surface area contributed by atoms with Crippen LogP contribution in [0.5, 0.6) is 0 Å². The van der Waals surface area contributed by atoms with Crippen molar-refractivity contribution in [3.63, 3.8) is 0 Å². The number of imidazole rings is 1. The Labute approximate surface area is 128 Å². The summed E-state index contributed by atoms with van der Waals surface area (Å²) in [5.41, 5.74) is 2.31. The Morgan fingerprint density at radius 2 is 1.74 bits per heavy atom. The minimum absolute atomic E-state index is 1.09. The second-order valence-corrected chi connectivity index (χ2v) is 6.56. The quantitative estimate of drug-likeness (QED) is 0.457. The van der Waals surface area contributed by atoms with Crippen molar-refractivity contribution in [3.8, 4) is 0 Å². The minimum atomic E-state index is 1.09. The first-order chi connectivity index (χ1) is 9.42. The third kappa shape index (κ3) is 4.84. The molecule has 4 heteroatoms. The van der Waals surface area contributed by atoms with Crippen LogP contribution in [0.1, 0.15) is 38.5 Å². The van der Waals surface area contributed by atoms with Crippen LogP contribution in [-0.2, 0) is 0 Å². The van der Waals surface area contributed by atoms with Crippen molar-refractivity contribution in [2.24, 2.45) is 0 Å². The van der Waals surface area contributed by atoms with E-state index >= 15 is 0 Å². The van der Waals surface area contributed by atoms with Gasteiger partial charge in [0.1, 0.15) is 6.33 Å². The number of rotatable bonds is 9. The molecule has 104 valence electrons. The Balaban J connectivity index is 1.63. The van der Waals surface area contributed by atoms with E-state index in [1.807, 2.05) is 24.3 Å². The molecule has 1 heterocycles.